The van der Waals surface area contributed by atoms with E-state index in [4.69, 9.17) is 23.2 Å². The van der Waals surface area contributed by atoms with Crippen molar-refractivity contribution in [3.05, 3.63) is 64.1 Å². The minimum atomic E-state index is -3.48. The molecule has 0 aliphatic carbocycles. The molecule has 0 saturated carbocycles. The van der Waals surface area contributed by atoms with Crippen molar-refractivity contribution in [3.8, 4) is 0 Å². The summed E-state index contributed by atoms with van der Waals surface area (Å²) in [6.45, 7) is 0.603. The molecule has 2 aromatic rings. The molecule has 1 heterocycles. The Morgan fingerprint density at radius 3 is 2.08 bits per heavy atom. The molecule has 0 N–H and O–H groups in total. The lowest BCUT2D eigenvalue weighted by molar-refractivity contribution is 0.0793. The first-order chi connectivity index (χ1) is 11.4. The van der Waals surface area contributed by atoms with Crippen LogP contribution in [0.1, 0.15) is 16.8 Å². The maximum atomic E-state index is 12.7. The Kier molecular flexibility index (Phi) is 4.85. The molecule has 0 radical (unpaired) electrons. The number of hydrogen-bond acceptors (Lipinski definition) is 3. The molecule has 1 fully saturated rings. The Labute approximate surface area is 150 Å². The number of amides is 1. The van der Waals surface area contributed by atoms with Gasteiger partial charge in [0.25, 0.3) is 5.91 Å². The van der Waals surface area contributed by atoms with Crippen molar-refractivity contribution in [3.63, 3.8) is 0 Å². The van der Waals surface area contributed by atoms with E-state index in [-0.39, 0.29) is 17.3 Å². The van der Waals surface area contributed by atoms with E-state index in [1.807, 2.05) is 0 Å². The van der Waals surface area contributed by atoms with E-state index in [9.17, 15) is 13.2 Å². The lowest BCUT2D eigenvalue weighted by Crippen LogP contribution is -2.31. The average molecular weight is 384 g/mol. The number of carbonyl (C=O) groups excluding carboxylic acids is 1. The van der Waals surface area contributed by atoms with E-state index in [0.717, 1.165) is 0 Å². The molecule has 0 bridgehead atoms. The zero-order valence-electron chi connectivity index (χ0n) is 12.7. The van der Waals surface area contributed by atoms with Gasteiger partial charge in [-0.15, -0.1) is 0 Å². The van der Waals surface area contributed by atoms with E-state index in [2.05, 4.69) is 0 Å². The summed E-state index contributed by atoms with van der Waals surface area (Å²) in [6, 6.07) is 12.7. The van der Waals surface area contributed by atoms with Gasteiger partial charge in [-0.3, -0.25) is 4.79 Å². The molecule has 24 heavy (non-hydrogen) atoms. The third-order valence-electron chi connectivity index (χ3n) is 4.10. The number of carbonyl (C=O) groups is 1. The third-order valence-corrected chi connectivity index (χ3v) is 6.80. The van der Waals surface area contributed by atoms with Crippen molar-refractivity contribution in [2.75, 3.05) is 13.1 Å². The highest BCUT2D eigenvalue weighted by molar-refractivity contribution is 7.92. The van der Waals surface area contributed by atoms with Gasteiger partial charge in [-0.2, -0.15) is 0 Å². The number of halogens is 2. The van der Waals surface area contributed by atoms with E-state index < -0.39 is 15.1 Å². The molecule has 126 valence electrons. The minimum Gasteiger partial charge on any atom is -0.337 e. The molecule has 1 aliphatic rings. The number of likely N-dealkylation sites (tertiary alicyclic amines) is 1. The zero-order chi connectivity index (χ0) is 17.3. The van der Waals surface area contributed by atoms with Crippen LogP contribution in [0.15, 0.2) is 53.4 Å². The molecule has 4 nitrogen and oxygen atoms in total. The van der Waals surface area contributed by atoms with Gasteiger partial charge < -0.3 is 4.90 Å². The van der Waals surface area contributed by atoms with Crippen LogP contribution < -0.4 is 0 Å². The van der Waals surface area contributed by atoms with Crippen LogP contribution >= 0.6 is 23.2 Å². The molecule has 7 heteroatoms. The fourth-order valence-corrected chi connectivity index (χ4v) is 4.70. The van der Waals surface area contributed by atoms with Crippen molar-refractivity contribution in [2.24, 2.45) is 0 Å². The van der Waals surface area contributed by atoms with Crippen LogP contribution in [0.3, 0.4) is 0 Å². The Hall–Kier alpha value is -1.56. The molecule has 1 atom stereocenters. The summed E-state index contributed by atoms with van der Waals surface area (Å²) >= 11 is 11.6. The second-order valence-corrected chi connectivity index (χ2v) is 8.77. The summed E-state index contributed by atoms with van der Waals surface area (Å²) in [5.41, 5.74) is 0.504. The Balaban J connectivity index is 1.76. The number of benzene rings is 2. The Bertz CT molecular complexity index is 848. The third kappa shape index (κ3) is 3.43. The van der Waals surface area contributed by atoms with E-state index in [1.165, 1.54) is 12.1 Å². The first-order valence-corrected chi connectivity index (χ1v) is 9.72. The highest BCUT2D eigenvalue weighted by Crippen LogP contribution is 2.26. The first-order valence-electron chi connectivity index (χ1n) is 7.42. The van der Waals surface area contributed by atoms with Crippen LogP contribution in [0, 0.1) is 0 Å². The summed E-state index contributed by atoms with van der Waals surface area (Å²) < 4.78 is 25.4. The minimum absolute atomic E-state index is 0.180. The van der Waals surface area contributed by atoms with Gasteiger partial charge in [0.1, 0.15) is 0 Å². The standard InChI is InChI=1S/C17H15Cl2NO3S/c18-13-3-1-12(2-4-13)17(21)20-10-9-16(11-20)24(22,23)15-7-5-14(19)6-8-15/h1-8,16H,9-11H2. The van der Waals surface area contributed by atoms with Gasteiger partial charge >= 0.3 is 0 Å². The van der Waals surface area contributed by atoms with E-state index in [1.54, 1.807) is 41.3 Å². The van der Waals surface area contributed by atoms with E-state index >= 15 is 0 Å². The van der Waals surface area contributed by atoms with E-state index in [0.29, 0.717) is 28.6 Å². The van der Waals surface area contributed by atoms with Crippen LogP contribution in [0.4, 0.5) is 0 Å². The lowest BCUT2D eigenvalue weighted by atomic mass is 10.2. The molecular formula is C17H15Cl2NO3S. The van der Waals surface area contributed by atoms with Gasteiger partial charge in [0.2, 0.25) is 0 Å². The summed E-state index contributed by atoms with van der Waals surface area (Å²) in [4.78, 5) is 14.3. The monoisotopic (exact) mass is 383 g/mol. The summed E-state index contributed by atoms with van der Waals surface area (Å²) in [6.07, 6.45) is 0.421. The number of nitrogens with zero attached hydrogens (tertiary/aromatic N) is 1. The topological polar surface area (TPSA) is 54.5 Å². The van der Waals surface area contributed by atoms with Gasteiger partial charge in [-0.05, 0) is 55.0 Å². The summed E-state index contributed by atoms with van der Waals surface area (Å²) in [5.74, 6) is -0.180. The van der Waals surface area contributed by atoms with Gasteiger partial charge in [-0.1, -0.05) is 23.2 Å². The van der Waals surface area contributed by atoms with Gasteiger partial charge in [0.15, 0.2) is 9.84 Å². The fraction of sp³-hybridized carbons (Fsp3) is 0.235. The van der Waals surface area contributed by atoms with Crippen molar-refractivity contribution >= 4 is 38.9 Å². The van der Waals surface area contributed by atoms with Gasteiger partial charge in [0, 0.05) is 28.7 Å². The number of sulfone groups is 1. The number of hydrogen-bond donors (Lipinski definition) is 0. The molecule has 1 amide bonds. The Morgan fingerprint density at radius 2 is 1.50 bits per heavy atom. The normalized spacial score (nSPS) is 17.9. The molecule has 0 spiro atoms. The molecule has 0 aromatic heterocycles. The molecule has 2 aromatic carbocycles. The predicted octanol–water partition coefficient (Wildman–Crippen LogP) is 3.68. The highest BCUT2D eigenvalue weighted by atomic mass is 35.5. The second kappa shape index (κ2) is 6.75. The maximum absolute atomic E-state index is 12.7. The molecule has 1 unspecified atom stereocenters. The molecular weight excluding hydrogens is 369 g/mol. The highest BCUT2D eigenvalue weighted by Gasteiger charge is 2.36. The smallest absolute Gasteiger partial charge is 0.253 e. The first kappa shape index (κ1) is 17.3. The van der Waals surface area contributed by atoms with Crippen molar-refractivity contribution in [1.82, 2.24) is 4.90 Å². The predicted molar refractivity (Wildman–Crippen MR) is 94.4 cm³/mol. The Morgan fingerprint density at radius 1 is 0.958 bits per heavy atom. The maximum Gasteiger partial charge on any atom is 0.253 e. The van der Waals surface area contributed by atoms with Gasteiger partial charge in [-0.25, -0.2) is 8.42 Å². The summed E-state index contributed by atoms with van der Waals surface area (Å²) in [5, 5.41) is 0.436. The quantitative estimate of drug-likeness (QED) is 0.811. The zero-order valence-corrected chi connectivity index (χ0v) is 15.0. The SMILES string of the molecule is O=C(c1ccc(Cl)cc1)N1CCC(S(=O)(=O)c2ccc(Cl)cc2)C1. The second-order valence-electron chi connectivity index (χ2n) is 5.67. The van der Waals surface area contributed by atoms with Crippen molar-refractivity contribution in [1.29, 1.82) is 0 Å². The van der Waals surface area contributed by atoms with Crippen LogP contribution in [0.5, 0.6) is 0 Å². The number of rotatable bonds is 3. The van der Waals surface area contributed by atoms with Crippen LogP contribution in [-0.2, 0) is 9.84 Å². The average Bonchev–Trinajstić information content (AvgIpc) is 3.06. The summed E-state index contributed by atoms with van der Waals surface area (Å²) in [7, 11) is -3.48. The van der Waals surface area contributed by atoms with Crippen molar-refractivity contribution < 1.29 is 13.2 Å². The molecule has 1 saturated heterocycles. The lowest BCUT2D eigenvalue weighted by Gasteiger charge is -2.17. The molecule has 1 aliphatic heterocycles. The van der Waals surface area contributed by atoms with Crippen molar-refractivity contribution in [2.45, 2.75) is 16.6 Å². The van der Waals surface area contributed by atoms with Gasteiger partial charge in [0.05, 0.1) is 10.1 Å². The van der Waals surface area contributed by atoms with Crippen LogP contribution in [0.25, 0.3) is 0 Å². The van der Waals surface area contributed by atoms with Crippen LogP contribution in [-0.4, -0.2) is 37.6 Å². The largest absolute Gasteiger partial charge is 0.337 e. The fourth-order valence-electron chi connectivity index (χ4n) is 2.76. The van der Waals surface area contributed by atoms with Crippen LogP contribution in [0.2, 0.25) is 10.0 Å². The molecule has 3 rings (SSSR count).